The minimum atomic E-state index is -0.538. The number of hydrogen-bond donors (Lipinski definition) is 1. The SMILES string of the molecule is C#Cc1cccc(Nc2ncnc3cc(OCC(Cl)n4ccc(=O)cc4)c(OCCOC)cc23)c1.O. The first kappa shape index (κ1) is 26.5. The summed E-state index contributed by atoms with van der Waals surface area (Å²) in [5.41, 5.74) is 1.58. The van der Waals surface area contributed by atoms with Gasteiger partial charge in [-0.1, -0.05) is 23.6 Å². The number of nitrogens with one attached hydrogen (secondary N) is 1. The molecule has 2 heterocycles. The van der Waals surface area contributed by atoms with Gasteiger partial charge in [0.15, 0.2) is 16.9 Å². The molecule has 186 valence electrons. The van der Waals surface area contributed by atoms with E-state index in [9.17, 15) is 4.79 Å². The lowest BCUT2D eigenvalue weighted by Gasteiger charge is -2.18. The molecule has 0 amide bonds. The molecule has 9 nitrogen and oxygen atoms in total. The Hall–Kier alpha value is -4.10. The third kappa shape index (κ3) is 6.52. The van der Waals surface area contributed by atoms with Crippen molar-refractivity contribution in [1.29, 1.82) is 0 Å². The van der Waals surface area contributed by atoms with Gasteiger partial charge in [-0.2, -0.15) is 0 Å². The number of aromatic nitrogens is 3. The molecule has 0 aliphatic rings. The van der Waals surface area contributed by atoms with Crippen molar-refractivity contribution in [3.8, 4) is 23.8 Å². The Morgan fingerprint density at radius 3 is 2.61 bits per heavy atom. The van der Waals surface area contributed by atoms with E-state index in [0.717, 1.165) is 16.6 Å². The molecule has 1 unspecified atom stereocenters. The van der Waals surface area contributed by atoms with Crippen molar-refractivity contribution < 1.29 is 19.7 Å². The van der Waals surface area contributed by atoms with Crippen LogP contribution in [0.15, 0.2) is 72.0 Å². The van der Waals surface area contributed by atoms with E-state index in [-0.39, 0.29) is 17.5 Å². The summed E-state index contributed by atoms with van der Waals surface area (Å²) in [6.07, 6.45) is 10.2. The highest BCUT2D eigenvalue weighted by Crippen LogP contribution is 2.35. The van der Waals surface area contributed by atoms with Crippen molar-refractivity contribution in [2.75, 3.05) is 32.2 Å². The molecule has 0 saturated heterocycles. The number of anilines is 2. The van der Waals surface area contributed by atoms with Gasteiger partial charge in [0.1, 0.15) is 30.9 Å². The molecule has 0 aliphatic heterocycles. The summed E-state index contributed by atoms with van der Waals surface area (Å²) in [6, 6.07) is 14.0. The lowest BCUT2D eigenvalue weighted by Crippen LogP contribution is -2.14. The molecule has 0 bridgehead atoms. The van der Waals surface area contributed by atoms with Crippen LogP contribution in [0.2, 0.25) is 0 Å². The van der Waals surface area contributed by atoms with E-state index in [2.05, 4.69) is 21.2 Å². The van der Waals surface area contributed by atoms with Gasteiger partial charge in [0, 0.05) is 54.3 Å². The van der Waals surface area contributed by atoms with Crippen LogP contribution in [-0.4, -0.2) is 46.9 Å². The highest BCUT2D eigenvalue weighted by atomic mass is 35.5. The largest absolute Gasteiger partial charge is 0.487 e. The maximum Gasteiger partial charge on any atom is 0.181 e. The van der Waals surface area contributed by atoms with Gasteiger partial charge in [-0.05, 0) is 24.3 Å². The van der Waals surface area contributed by atoms with Crippen molar-refractivity contribution in [3.63, 3.8) is 0 Å². The minimum Gasteiger partial charge on any atom is -0.487 e. The smallest absolute Gasteiger partial charge is 0.181 e. The highest BCUT2D eigenvalue weighted by Gasteiger charge is 2.15. The predicted octanol–water partition coefficient (Wildman–Crippen LogP) is 3.53. The average molecular weight is 509 g/mol. The number of ether oxygens (including phenoxy) is 3. The standard InChI is InChI=1S/C26H23ClN4O4.H2O/c1-3-18-5-4-6-19(13-18)30-26-21-14-23(34-12-11-33-2)24(15-22(21)28-17-29-26)35-16-25(27)31-9-7-20(32)8-10-31;/h1,4-10,13-15,17,25H,11-12,16H2,2H3,(H,28,29,30);1H2. The zero-order valence-electron chi connectivity index (χ0n) is 19.5. The van der Waals surface area contributed by atoms with Crippen molar-refractivity contribution in [3.05, 3.63) is 83.0 Å². The van der Waals surface area contributed by atoms with Crippen molar-refractivity contribution >= 4 is 34.0 Å². The Morgan fingerprint density at radius 2 is 1.86 bits per heavy atom. The first-order valence-corrected chi connectivity index (χ1v) is 11.2. The molecule has 4 aromatic rings. The fourth-order valence-electron chi connectivity index (χ4n) is 3.30. The Labute approximate surface area is 212 Å². The normalized spacial score (nSPS) is 11.2. The van der Waals surface area contributed by atoms with Gasteiger partial charge in [0.25, 0.3) is 0 Å². The number of methoxy groups -OCH3 is 1. The molecule has 0 saturated carbocycles. The summed E-state index contributed by atoms with van der Waals surface area (Å²) < 4.78 is 18.7. The van der Waals surface area contributed by atoms with Crippen LogP contribution in [0, 0.1) is 12.3 Å². The topological polar surface area (TPSA) is 119 Å². The summed E-state index contributed by atoms with van der Waals surface area (Å²) in [7, 11) is 1.60. The van der Waals surface area contributed by atoms with Crippen molar-refractivity contribution in [2.45, 2.75) is 5.50 Å². The van der Waals surface area contributed by atoms with Gasteiger partial charge in [-0.3, -0.25) is 4.79 Å². The quantitative estimate of drug-likeness (QED) is 0.198. The van der Waals surface area contributed by atoms with E-state index in [1.807, 2.05) is 30.3 Å². The van der Waals surface area contributed by atoms with Crippen LogP contribution in [0.4, 0.5) is 11.5 Å². The molecule has 0 fully saturated rings. The van der Waals surface area contributed by atoms with Crippen LogP contribution < -0.4 is 20.2 Å². The first-order valence-electron chi connectivity index (χ1n) is 10.8. The van der Waals surface area contributed by atoms with E-state index in [1.165, 1.54) is 18.5 Å². The molecule has 4 rings (SSSR count). The van der Waals surface area contributed by atoms with Gasteiger partial charge in [-0.25, -0.2) is 9.97 Å². The maximum atomic E-state index is 11.4. The summed E-state index contributed by atoms with van der Waals surface area (Å²) in [5, 5.41) is 4.03. The van der Waals surface area contributed by atoms with Gasteiger partial charge in [0.05, 0.1) is 12.1 Å². The molecule has 0 spiro atoms. The van der Waals surface area contributed by atoms with E-state index < -0.39 is 5.50 Å². The monoisotopic (exact) mass is 508 g/mol. The number of terminal acetylenes is 1. The van der Waals surface area contributed by atoms with Crippen molar-refractivity contribution in [1.82, 2.24) is 14.5 Å². The summed E-state index contributed by atoms with van der Waals surface area (Å²) in [5.74, 6) is 4.18. The number of benzene rings is 2. The molecule has 3 N–H and O–H groups in total. The van der Waals surface area contributed by atoms with Crippen LogP contribution in [-0.2, 0) is 4.74 Å². The first-order chi connectivity index (χ1) is 17.1. The van der Waals surface area contributed by atoms with E-state index in [1.54, 1.807) is 30.1 Å². The number of hydrogen-bond acceptors (Lipinski definition) is 7. The molecule has 0 aliphatic carbocycles. The van der Waals surface area contributed by atoms with E-state index in [4.69, 9.17) is 32.2 Å². The number of halogens is 1. The summed E-state index contributed by atoms with van der Waals surface area (Å²) in [6.45, 7) is 0.858. The van der Waals surface area contributed by atoms with Crippen LogP contribution in [0.3, 0.4) is 0 Å². The Kier molecular flexibility index (Phi) is 9.25. The van der Waals surface area contributed by atoms with Crippen LogP contribution in [0.25, 0.3) is 10.9 Å². The predicted molar refractivity (Wildman–Crippen MR) is 139 cm³/mol. The Balaban J connectivity index is 0.00000361. The molecular weight excluding hydrogens is 484 g/mol. The second-order valence-corrected chi connectivity index (χ2v) is 7.96. The summed E-state index contributed by atoms with van der Waals surface area (Å²) in [4.78, 5) is 20.1. The molecule has 2 aromatic heterocycles. The average Bonchev–Trinajstić information content (AvgIpc) is 2.88. The fourth-order valence-corrected chi connectivity index (χ4v) is 3.50. The number of rotatable bonds is 10. The third-order valence-electron chi connectivity index (χ3n) is 5.06. The minimum absolute atomic E-state index is 0. The lowest BCUT2D eigenvalue weighted by atomic mass is 10.2. The molecule has 1 atom stereocenters. The van der Waals surface area contributed by atoms with E-state index >= 15 is 0 Å². The Morgan fingerprint density at radius 1 is 1.08 bits per heavy atom. The van der Waals surface area contributed by atoms with Gasteiger partial charge >= 0.3 is 0 Å². The van der Waals surface area contributed by atoms with Gasteiger partial charge < -0.3 is 29.6 Å². The fraction of sp³-hybridized carbons (Fsp3) is 0.192. The van der Waals surface area contributed by atoms with Gasteiger partial charge in [-0.15, -0.1) is 6.42 Å². The molecule has 36 heavy (non-hydrogen) atoms. The highest BCUT2D eigenvalue weighted by molar-refractivity contribution is 6.19. The zero-order valence-corrected chi connectivity index (χ0v) is 20.2. The maximum absolute atomic E-state index is 11.4. The third-order valence-corrected chi connectivity index (χ3v) is 5.41. The molecule has 10 heteroatoms. The van der Waals surface area contributed by atoms with E-state index in [0.29, 0.717) is 36.0 Å². The molecule has 2 aromatic carbocycles. The summed E-state index contributed by atoms with van der Waals surface area (Å²) >= 11 is 6.47. The number of pyridine rings is 1. The van der Waals surface area contributed by atoms with Gasteiger partial charge in [0.2, 0.25) is 0 Å². The second-order valence-electron chi connectivity index (χ2n) is 7.46. The zero-order chi connectivity index (χ0) is 24.6. The lowest BCUT2D eigenvalue weighted by molar-refractivity contribution is 0.143. The Bertz CT molecular complexity index is 1400. The van der Waals surface area contributed by atoms with Crippen LogP contribution in [0.1, 0.15) is 11.1 Å². The second kappa shape index (κ2) is 12.6. The van der Waals surface area contributed by atoms with Crippen LogP contribution >= 0.6 is 11.6 Å². The van der Waals surface area contributed by atoms with Crippen LogP contribution in [0.5, 0.6) is 11.5 Å². The van der Waals surface area contributed by atoms with Crippen molar-refractivity contribution in [2.24, 2.45) is 0 Å². The molecule has 0 radical (unpaired) electrons. The number of nitrogens with zero attached hydrogens (tertiary/aromatic N) is 3. The number of fused-ring (bicyclic) bond motifs is 1. The number of alkyl halides is 1. The molecular formula is C26H25ClN4O5.